The highest BCUT2D eigenvalue weighted by Gasteiger charge is 2.10. The summed E-state index contributed by atoms with van der Waals surface area (Å²) in [6.45, 7) is 2.02. The number of nitro benzene ring substituents is 1. The molecule has 0 N–H and O–H groups in total. The molecule has 0 saturated carbocycles. The van der Waals surface area contributed by atoms with Crippen LogP contribution in [-0.2, 0) is 0 Å². The average Bonchev–Trinajstić information content (AvgIpc) is 2.47. The highest BCUT2D eigenvalue weighted by molar-refractivity contribution is 6.14. The molecule has 2 aromatic carbocycles. The van der Waals surface area contributed by atoms with Gasteiger partial charge in [-0.05, 0) is 45.0 Å². The van der Waals surface area contributed by atoms with E-state index >= 15 is 0 Å². The SMILES string of the molecule is CN(C)C.[B]C(c1ccc(C)cc1)c1ccc([N+](=O)[O-])cc1. The summed E-state index contributed by atoms with van der Waals surface area (Å²) in [5, 5.41) is 10.6. The summed E-state index contributed by atoms with van der Waals surface area (Å²) in [7, 11) is 12.1. The van der Waals surface area contributed by atoms with Gasteiger partial charge >= 0.3 is 0 Å². The maximum atomic E-state index is 10.6. The van der Waals surface area contributed by atoms with E-state index in [9.17, 15) is 10.1 Å². The minimum atomic E-state index is -0.415. The second-order valence-corrected chi connectivity index (χ2v) is 5.58. The molecule has 0 bridgehead atoms. The first-order valence-corrected chi connectivity index (χ1v) is 6.98. The standard InChI is InChI=1S/C14H12BNO2.C3H9N/c1-10-2-4-11(5-3-10)14(15)12-6-8-13(9-7-12)16(17)18;1-4(2)3/h2-9,14H,1H3;1-3H3. The lowest BCUT2D eigenvalue weighted by atomic mass is 9.76. The van der Waals surface area contributed by atoms with Crippen LogP contribution in [0.5, 0.6) is 0 Å². The molecule has 2 aromatic rings. The van der Waals surface area contributed by atoms with Crippen LogP contribution in [0.3, 0.4) is 0 Å². The van der Waals surface area contributed by atoms with Gasteiger partial charge in [0, 0.05) is 12.1 Å². The van der Waals surface area contributed by atoms with Crippen LogP contribution in [0, 0.1) is 17.0 Å². The Hall–Kier alpha value is -2.14. The second kappa shape index (κ2) is 8.34. The zero-order valence-corrected chi connectivity index (χ0v) is 13.5. The maximum Gasteiger partial charge on any atom is 0.269 e. The molecule has 2 radical (unpaired) electrons. The van der Waals surface area contributed by atoms with Crippen LogP contribution in [-0.4, -0.2) is 38.8 Å². The lowest BCUT2D eigenvalue weighted by molar-refractivity contribution is -0.384. The first kappa shape index (κ1) is 17.9. The van der Waals surface area contributed by atoms with E-state index in [0.717, 1.165) is 11.1 Å². The van der Waals surface area contributed by atoms with Crippen molar-refractivity contribution >= 4 is 13.5 Å². The Morgan fingerprint density at radius 1 is 0.955 bits per heavy atom. The van der Waals surface area contributed by atoms with Crippen molar-refractivity contribution in [3.8, 4) is 0 Å². The van der Waals surface area contributed by atoms with Crippen LogP contribution in [0.4, 0.5) is 5.69 Å². The van der Waals surface area contributed by atoms with Crippen molar-refractivity contribution in [1.82, 2.24) is 4.90 Å². The number of hydrogen-bond donors (Lipinski definition) is 0. The maximum absolute atomic E-state index is 10.6. The molecule has 0 aliphatic carbocycles. The summed E-state index contributed by atoms with van der Waals surface area (Å²) in [5.74, 6) is -0.258. The Kier molecular flexibility index (Phi) is 6.79. The fraction of sp³-hybridized carbons (Fsp3) is 0.294. The van der Waals surface area contributed by atoms with E-state index in [1.54, 1.807) is 12.1 Å². The van der Waals surface area contributed by atoms with Gasteiger partial charge in [-0.15, -0.1) is 0 Å². The Bertz CT molecular complexity index is 592. The van der Waals surface area contributed by atoms with Crippen molar-refractivity contribution in [3.05, 3.63) is 75.3 Å². The minimum Gasteiger partial charge on any atom is -0.312 e. The number of rotatable bonds is 3. The van der Waals surface area contributed by atoms with E-state index in [1.807, 2.05) is 57.2 Å². The average molecular weight is 296 g/mol. The second-order valence-electron chi connectivity index (χ2n) is 5.58. The van der Waals surface area contributed by atoms with Gasteiger partial charge in [-0.25, -0.2) is 0 Å². The van der Waals surface area contributed by atoms with E-state index in [4.69, 9.17) is 7.85 Å². The molecular weight excluding hydrogens is 275 g/mol. The smallest absolute Gasteiger partial charge is 0.269 e. The molecular formula is C17H21BN2O2. The molecule has 0 saturated heterocycles. The Morgan fingerprint density at radius 2 is 1.32 bits per heavy atom. The highest BCUT2D eigenvalue weighted by atomic mass is 16.6. The molecule has 0 aliphatic rings. The van der Waals surface area contributed by atoms with Crippen LogP contribution < -0.4 is 0 Å². The van der Waals surface area contributed by atoms with Crippen LogP contribution in [0.2, 0.25) is 0 Å². The lowest BCUT2D eigenvalue weighted by Gasteiger charge is -2.12. The van der Waals surface area contributed by atoms with Gasteiger partial charge in [0.25, 0.3) is 5.69 Å². The molecule has 0 fully saturated rings. The van der Waals surface area contributed by atoms with Crippen molar-refractivity contribution in [2.24, 2.45) is 0 Å². The Balaban J connectivity index is 0.000000541. The molecule has 22 heavy (non-hydrogen) atoms. The van der Waals surface area contributed by atoms with Crippen molar-refractivity contribution in [1.29, 1.82) is 0 Å². The predicted octanol–water partition coefficient (Wildman–Crippen LogP) is 3.34. The molecule has 0 aliphatic heterocycles. The quantitative estimate of drug-likeness (QED) is 0.496. The minimum absolute atomic E-state index is 0.0786. The topological polar surface area (TPSA) is 46.4 Å². The summed E-state index contributed by atoms with van der Waals surface area (Å²) < 4.78 is 0. The molecule has 1 atom stereocenters. The van der Waals surface area contributed by atoms with Gasteiger partial charge in [0.15, 0.2) is 0 Å². The van der Waals surface area contributed by atoms with Gasteiger partial charge in [0.05, 0.1) is 12.8 Å². The van der Waals surface area contributed by atoms with E-state index in [1.165, 1.54) is 17.7 Å². The third-order valence-electron chi connectivity index (χ3n) is 2.90. The van der Waals surface area contributed by atoms with Crippen LogP contribution in [0.1, 0.15) is 22.5 Å². The van der Waals surface area contributed by atoms with Crippen LogP contribution in [0.15, 0.2) is 48.5 Å². The number of aryl methyl sites for hydroxylation is 1. The van der Waals surface area contributed by atoms with Gasteiger partial charge in [-0.2, -0.15) is 0 Å². The lowest BCUT2D eigenvalue weighted by Crippen LogP contribution is -2.00. The molecule has 5 heteroatoms. The molecule has 4 nitrogen and oxygen atoms in total. The number of nitro groups is 1. The van der Waals surface area contributed by atoms with Crippen LogP contribution >= 0.6 is 0 Å². The molecule has 0 spiro atoms. The van der Waals surface area contributed by atoms with Gasteiger partial charge in [0.2, 0.25) is 0 Å². The molecule has 0 heterocycles. The van der Waals surface area contributed by atoms with E-state index in [-0.39, 0.29) is 11.5 Å². The third-order valence-corrected chi connectivity index (χ3v) is 2.90. The largest absolute Gasteiger partial charge is 0.312 e. The zero-order chi connectivity index (χ0) is 16.7. The number of nitrogens with zero attached hydrogens (tertiary/aromatic N) is 2. The van der Waals surface area contributed by atoms with Gasteiger partial charge in [-0.3, -0.25) is 10.1 Å². The van der Waals surface area contributed by atoms with Gasteiger partial charge in [-0.1, -0.05) is 42.0 Å². The molecule has 114 valence electrons. The summed E-state index contributed by atoms with van der Waals surface area (Å²) in [4.78, 5) is 12.1. The summed E-state index contributed by atoms with van der Waals surface area (Å²) >= 11 is 0. The van der Waals surface area contributed by atoms with Gasteiger partial charge in [0.1, 0.15) is 0 Å². The van der Waals surface area contributed by atoms with E-state index in [2.05, 4.69) is 0 Å². The van der Waals surface area contributed by atoms with Crippen molar-refractivity contribution in [2.45, 2.75) is 12.7 Å². The fourth-order valence-corrected chi connectivity index (χ4v) is 1.77. The summed E-state index contributed by atoms with van der Waals surface area (Å²) in [6.07, 6.45) is 0. The molecule has 1 unspecified atom stereocenters. The molecule has 2 rings (SSSR count). The van der Waals surface area contributed by atoms with E-state index < -0.39 is 4.92 Å². The first-order chi connectivity index (χ1) is 10.3. The van der Waals surface area contributed by atoms with Crippen molar-refractivity contribution in [3.63, 3.8) is 0 Å². The van der Waals surface area contributed by atoms with Crippen molar-refractivity contribution in [2.75, 3.05) is 21.1 Å². The molecule has 0 aromatic heterocycles. The van der Waals surface area contributed by atoms with Crippen LogP contribution in [0.25, 0.3) is 0 Å². The van der Waals surface area contributed by atoms with Crippen molar-refractivity contribution < 1.29 is 4.92 Å². The number of non-ortho nitro benzene ring substituents is 1. The Morgan fingerprint density at radius 3 is 1.68 bits per heavy atom. The fourth-order valence-electron chi connectivity index (χ4n) is 1.77. The summed E-state index contributed by atoms with van der Waals surface area (Å²) in [6, 6.07) is 14.3. The van der Waals surface area contributed by atoms with E-state index in [0.29, 0.717) is 0 Å². The third kappa shape index (κ3) is 5.70. The Labute approximate surface area is 133 Å². The highest BCUT2D eigenvalue weighted by Crippen LogP contribution is 2.23. The van der Waals surface area contributed by atoms with Gasteiger partial charge < -0.3 is 4.90 Å². The summed E-state index contributed by atoms with van der Waals surface area (Å²) in [5.41, 5.74) is 3.11. The number of hydrogen-bond acceptors (Lipinski definition) is 3. The number of benzene rings is 2. The monoisotopic (exact) mass is 296 g/mol. The zero-order valence-electron chi connectivity index (χ0n) is 13.5. The predicted molar refractivity (Wildman–Crippen MR) is 91.5 cm³/mol. The molecule has 0 amide bonds. The normalized spacial score (nSPS) is 11.5. The first-order valence-electron chi connectivity index (χ1n) is 6.98.